The first-order chi connectivity index (χ1) is 34.5. The van der Waals surface area contributed by atoms with Gasteiger partial charge in [-0.1, -0.05) is 63.8 Å². The van der Waals surface area contributed by atoms with Crippen molar-refractivity contribution in [1.29, 1.82) is 0 Å². The Morgan fingerprint density at radius 2 is 1.44 bits per heavy atom. The molecule has 0 radical (unpaired) electrons. The Kier molecular flexibility index (Phi) is 18.4. The molecule has 1 saturated heterocycles. The van der Waals surface area contributed by atoms with Crippen LogP contribution in [-0.4, -0.2) is 128 Å². The van der Waals surface area contributed by atoms with E-state index < -0.39 is 43.3 Å². The van der Waals surface area contributed by atoms with Crippen LogP contribution in [0.25, 0.3) is 11.1 Å². The predicted octanol–water partition coefficient (Wildman–Crippen LogP) is 6.96. The first kappa shape index (κ1) is 54.6. The SMILES string of the molecule is COCCOCCNS(=O)(=O)c1ccc(-c2ccc3c(c2)C2(CCCCC2)C(C=CC/C=C2\N(CCCCCC(=O)ON4C(=O)CCC4=O)c4ccc(S(=O)(=O)[O-])cc4C2(C)C)=[N+]3CCOCCOC)cc1. The number of fused-ring (bicyclic) bond motifs is 3. The van der Waals surface area contributed by atoms with Gasteiger partial charge in [0.2, 0.25) is 15.7 Å². The number of carbonyl (C=O) groups excluding carboxylic acids is 3. The monoisotopic (exact) mass is 1030 g/mol. The highest BCUT2D eigenvalue weighted by molar-refractivity contribution is 7.89. The second kappa shape index (κ2) is 24.3. The van der Waals surface area contributed by atoms with Crippen molar-refractivity contribution in [2.45, 2.75) is 112 Å². The maximum Gasteiger partial charge on any atom is 0.333 e. The van der Waals surface area contributed by atoms with Crippen LogP contribution in [0.5, 0.6) is 0 Å². The first-order valence-corrected chi connectivity index (χ1v) is 27.8. The van der Waals surface area contributed by atoms with Crippen LogP contribution in [0.4, 0.5) is 11.4 Å². The summed E-state index contributed by atoms with van der Waals surface area (Å²) in [4.78, 5) is 43.4. The maximum atomic E-state index is 13.1. The fourth-order valence-electron chi connectivity index (χ4n) is 10.3. The maximum absolute atomic E-state index is 13.1. The molecule has 390 valence electrons. The number of unbranched alkanes of at least 4 members (excludes halogenated alkanes) is 2. The molecule has 1 aliphatic carbocycles. The number of hydrogen-bond acceptors (Lipinski definition) is 14. The molecule has 72 heavy (non-hydrogen) atoms. The molecule has 0 unspecified atom stereocenters. The van der Waals surface area contributed by atoms with Crippen molar-refractivity contribution in [2.24, 2.45) is 0 Å². The lowest BCUT2D eigenvalue weighted by Crippen LogP contribution is -2.37. The molecule has 1 saturated carbocycles. The highest BCUT2D eigenvalue weighted by Crippen LogP contribution is 2.51. The van der Waals surface area contributed by atoms with Gasteiger partial charge in [-0.2, -0.15) is 4.58 Å². The second-order valence-corrected chi connectivity index (χ2v) is 22.2. The fraction of sp³-hybridized carbons (Fsp3) is 0.509. The van der Waals surface area contributed by atoms with Crippen LogP contribution >= 0.6 is 0 Å². The minimum absolute atomic E-state index is 0.0237. The van der Waals surface area contributed by atoms with Gasteiger partial charge >= 0.3 is 5.97 Å². The summed E-state index contributed by atoms with van der Waals surface area (Å²) < 4.78 is 89.5. The number of nitrogens with zero attached hydrogens (tertiary/aromatic N) is 3. The summed E-state index contributed by atoms with van der Waals surface area (Å²) in [6.07, 6.45) is 14.1. The van der Waals surface area contributed by atoms with Crippen LogP contribution in [0.15, 0.2) is 94.4 Å². The van der Waals surface area contributed by atoms with E-state index >= 15 is 0 Å². The third kappa shape index (κ3) is 12.6. The lowest BCUT2D eigenvalue weighted by Gasteiger charge is -2.32. The van der Waals surface area contributed by atoms with Gasteiger partial charge in [0.15, 0.2) is 12.3 Å². The van der Waals surface area contributed by atoms with Gasteiger partial charge in [-0.3, -0.25) is 9.59 Å². The summed E-state index contributed by atoms with van der Waals surface area (Å²) in [5, 5.41) is 0.559. The first-order valence-electron chi connectivity index (χ1n) is 24.9. The van der Waals surface area contributed by atoms with Crippen LogP contribution in [0, 0.1) is 0 Å². The number of rotatable bonds is 26. The number of nitrogens with one attached hydrogen (secondary N) is 1. The molecule has 4 aliphatic rings. The van der Waals surface area contributed by atoms with Gasteiger partial charge in [-0.05, 0) is 91.3 Å². The number of allylic oxidation sites excluding steroid dienone is 4. The predicted molar refractivity (Wildman–Crippen MR) is 269 cm³/mol. The Morgan fingerprint density at radius 1 is 0.778 bits per heavy atom. The molecule has 2 amide bonds. The molecule has 3 heterocycles. The van der Waals surface area contributed by atoms with E-state index in [1.54, 1.807) is 32.4 Å². The number of sulfonamides is 1. The van der Waals surface area contributed by atoms with E-state index in [1.165, 1.54) is 23.4 Å². The zero-order valence-electron chi connectivity index (χ0n) is 41.8. The molecule has 1 N–H and O–H groups in total. The Labute approximate surface area is 423 Å². The molecule has 0 aromatic heterocycles. The molecule has 0 atom stereocenters. The number of hydrogen-bond donors (Lipinski definition) is 1. The summed E-state index contributed by atoms with van der Waals surface area (Å²) >= 11 is 0. The van der Waals surface area contributed by atoms with E-state index in [2.05, 4.69) is 50.6 Å². The molecule has 3 aromatic carbocycles. The summed E-state index contributed by atoms with van der Waals surface area (Å²) in [5.41, 5.74) is 6.96. The van der Waals surface area contributed by atoms with Gasteiger partial charge in [0.05, 0.1) is 48.2 Å². The van der Waals surface area contributed by atoms with E-state index in [9.17, 15) is 35.8 Å². The molecular weight excluding hydrogens is 965 g/mol. The van der Waals surface area contributed by atoms with Crippen molar-refractivity contribution in [3.63, 3.8) is 0 Å². The number of ether oxygens (including phenoxy) is 4. The van der Waals surface area contributed by atoms with Gasteiger partial charge in [0.1, 0.15) is 16.7 Å². The van der Waals surface area contributed by atoms with Crippen molar-refractivity contribution in [3.05, 3.63) is 95.7 Å². The number of benzene rings is 3. The normalized spacial score (nSPS) is 18.0. The summed E-state index contributed by atoms with van der Waals surface area (Å²) in [6, 6.07) is 18.0. The van der Waals surface area contributed by atoms with Crippen LogP contribution in [0.3, 0.4) is 0 Å². The van der Waals surface area contributed by atoms with Crippen LogP contribution < -0.4 is 9.62 Å². The van der Waals surface area contributed by atoms with Crippen molar-refractivity contribution >= 4 is 55.0 Å². The quantitative estimate of drug-likeness (QED) is 0.0373. The third-order valence-electron chi connectivity index (χ3n) is 14.0. The highest BCUT2D eigenvalue weighted by atomic mass is 32.2. The van der Waals surface area contributed by atoms with E-state index in [0.717, 1.165) is 65.9 Å². The highest BCUT2D eigenvalue weighted by Gasteiger charge is 2.51. The van der Waals surface area contributed by atoms with Crippen molar-refractivity contribution < 1.29 is 64.1 Å². The molecule has 17 nitrogen and oxygen atoms in total. The lowest BCUT2D eigenvalue weighted by atomic mass is 9.67. The lowest BCUT2D eigenvalue weighted by molar-refractivity contribution is -0.442. The fourth-order valence-corrected chi connectivity index (χ4v) is 11.8. The Morgan fingerprint density at radius 3 is 2.12 bits per heavy atom. The van der Waals surface area contributed by atoms with Gasteiger partial charge in [0.25, 0.3) is 11.8 Å². The van der Waals surface area contributed by atoms with Gasteiger partial charge in [0, 0.05) is 81.1 Å². The standard InChI is InChI=1S/C53H68N4O13S2/c1-52(2)43-38-42(72(63,64)65)21-23-45(43)55(29-12-5-7-15-51(60)70-57-49(58)24-25-50(57)59)47(52)13-8-9-14-48-53(26-10-6-11-27-53)44-37-40(18-22-46(44)56(48)30-32-69-36-34-67-4)39-16-19-41(20-17-39)71(61,62)54-28-31-68-35-33-66-3/h9,13-14,16-23,37-38,54H,5-8,10-12,15,24-36H2,1-4H3/b14-9?,47-13-. The average molecular weight is 1030 g/mol. The van der Waals surface area contributed by atoms with Crippen molar-refractivity contribution in [2.75, 3.05) is 78.4 Å². The number of anilines is 1. The number of carbonyl (C=O) groups is 3. The van der Waals surface area contributed by atoms with E-state index in [1.807, 2.05) is 26.0 Å². The minimum atomic E-state index is -4.71. The number of hydroxylamine groups is 2. The molecule has 2 fully saturated rings. The van der Waals surface area contributed by atoms with Crippen LogP contribution in [0.2, 0.25) is 0 Å². The van der Waals surface area contributed by atoms with Gasteiger partial charge in [-0.25, -0.2) is 26.4 Å². The molecule has 1 spiro atoms. The average Bonchev–Trinajstić information content (AvgIpc) is 3.88. The minimum Gasteiger partial charge on any atom is -0.744 e. The molecule has 3 aliphatic heterocycles. The van der Waals surface area contributed by atoms with Crippen molar-refractivity contribution in [1.82, 2.24) is 9.79 Å². The van der Waals surface area contributed by atoms with Crippen LogP contribution in [-0.2, 0) is 69.1 Å². The third-order valence-corrected chi connectivity index (χ3v) is 16.3. The molecule has 3 aromatic rings. The van der Waals surface area contributed by atoms with Crippen molar-refractivity contribution in [3.8, 4) is 11.1 Å². The van der Waals surface area contributed by atoms with E-state index in [4.69, 9.17) is 23.8 Å². The summed E-state index contributed by atoms with van der Waals surface area (Å²) in [5.74, 6) is -1.69. The largest absolute Gasteiger partial charge is 0.744 e. The molecular formula is C53H68N4O13S2. The van der Waals surface area contributed by atoms with E-state index in [0.29, 0.717) is 76.9 Å². The Bertz CT molecular complexity index is 2750. The Hall–Kier alpha value is -5.12. The van der Waals surface area contributed by atoms with E-state index in [-0.39, 0.29) is 47.6 Å². The summed E-state index contributed by atoms with van der Waals surface area (Å²) in [6.45, 7) is 7.82. The topological polar surface area (TPSA) is 210 Å². The molecule has 19 heteroatoms. The Balaban J connectivity index is 1.13. The summed E-state index contributed by atoms with van der Waals surface area (Å²) in [7, 11) is -5.23. The smallest absolute Gasteiger partial charge is 0.333 e. The van der Waals surface area contributed by atoms with Gasteiger partial charge in [-0.15, -0.1) is 5.06 Å². The number of amides is 2. The number of methoxy groups -OCH3 is 2. The zero-order chi connectivity index (χ0) is 51.5. The zero-order valence-corrected chi connectivity index (χ0v) is 43.5. The molecule has 0 bridgehead atoms. The van der Waals surface area contributed by atoms with Crippen LogP contribution in [0.1, 0.15) is 102 Å². The van der Waals surface area contributed by atoms with Gasteiger partial charge < -0.3 is 33.2 Å². The number of imide groups is 1. The second-order valence-electron chi connectivity index (χ2n) is 19.0. The molecule has 7 rings (SSSR count).